The molecule has 2 aliphatic heterocycles. The van der Waals surface area contributed by atoms with Gasteiger partial charge < -0.3 is 14.5 Å². The molecule has 7 nitrogen and oxygen atoms in total. The van der Waals surface area contributed by atoms with E-state index in [0.29, 0.717) is 38.1 Å². The summed E-state index contributed by atoms with van der Waals surface area (Å²) in [5, 5.41) is 0. The van der Waals surface area contributed by atoms with Gasteiger partial charge in [0.25, 0.3) is 5.60 Å². The number of sulfone groups is 1. The number of amides is 2. The zero-order valence-corrected chi connectivity index (χ0v) is 28.3. The van der Waals surface area contributed by atoms with E-state index in [1.165, 1.54) is 30.9 Å². The highest BCUT2D eigenvalue weighted by Gasteiger charge is 2.73. The van der Waals surface area contributed by atoms with Crippen molar-refractivity contribution in [2.45, 2.75) is 67.3 Å². The molecular weight excluding hydrogens is 712 g/mol. The fourth-order valence-corrected chi connectivity index (χ4v) is 8.97. The molecule has 2 fully saturated rings. The number of piperidine rings is 1. The van der Waals surface area contributed by atoms with Gasteiger partial charge in [-0.2, -0.15) is 26.3 Å². The Morgan fingerprint density at radius 2 is 1.43 bits per heavy atom. The maximum Gasteiger partial charge on any atom is 0.430 e. The van der Waals surface area contributed by atoms with Crippen molar-refractivity contribution >= 4 is 21.7 Å². The summed E-state index contributed by atoms with van der Waals surface area (Å²) in [6.45, 7) is 1.29. The second-order valence-electron chi connectivity index (χ2n) is 12.8. The summed E-state index contributed by atoms with van der Waals surface area (Å²) in [6.07, 6.45) is -11.9. The van der Waals surface area contributed by atoms with Gasteiger partial charge in [0.05, 0.1) is 11.5 Å². The maximum atomic E-state index is 14.6. The van der Waals surface area contributed by atoms with Crippen LogP contribution in [0.5, 0.6) is 0 Å². The number of likely N-dealkylation sites (tertiary alicyclic amines) is 2. The number of halogens is 8. The lowest BCUT2D eigenvalue weighted by molar-refractivity contribution is -0.392. The molecule has 2 saturated heterocycles. The van der Waals surface area contributed by atoms with E-state index >= 15 is 0 Å². The molecule has 2 aliphatic rings. The summed E-state index contributed by atoms with van der Waals surface area (Å²) < 4.78 is 147. The van der Waals surface area contributed by atoms with Crippen molar-refractivity contribution in [2.24, 2.45) is 5.92 Å². The molecule has 2 amide bonds. The van der Waals surface area contributed by atoms with Gasteiger partial charge in [-0.15, -0.1) is 0 Å². The molecular formula is C35H34F8N2O5S. The Balaban J connectivity index is 1.56. The lowest BCUT2D eigenvalue weighted by Crippen LogP contribution is -2.56. The zero-order valence-electron chi connectivity index (χ0n) is 27.5. The van der Waals surface area contributed by atoms with Gasteiger partial charge in [-0.1, -0.05) is 36.4 Å². The quantitative estimate of drug-likeness (QED) is 0.184. The van der Waals surface area contributed by atoms with Crippen LogP contribution in [0, 0.1) is 24.5 Å². The standard InChI is InChI=1S/C35H34F8N2O5S/c1-22-4-3-5-30(37)29(22)20-50-33(34(38,39)40,35(41,42)43)26-8-6-25(7-9-26)32(51(48,49)28-12-10-27(36)11-13-28)16-19-45(21-32)31(47)24-14-17-44(18-15-24)23(2)46/h3-13,24H,14-21H2,1-2H3. The van der Waals surface area contributed by atoms with Gasteiger partial charge >= 0.3 is 12.4 Å². The monoisotopic (exact) mass is 746 g/mol. The van der Waals surface area contributed by atoms with Crippen LogP contribution in [-0.4, -0.2) is 68.6 Å². The summed E-state index contributed by atoms with van der Waals surface area (Å²) in [5.74, 6) is -2.95. The zero-order chi connectivity index (χ0) is 37.6. The molecule has 51 heavy (non-hydrogen) atoms. The van der Waals surface area contributed by atoms with Crippen LogP contribution in [0.15, 0.2) is 71.6 Å². The van der Waals surface area contributed by atoms with Crippen LogP contribution in [0.1, 0.15) is 48.4 Å². The van der Waals surface area contributed by atoms with Crippen LogP contribution in [0.2, 0.25) is 0 Å². The number of nitrogens with zero attached hydrogens (tertiary/aromatic N) is 2. The Hall–Kier alpha value is -4.05. The molecule has 16 heteroatoms. The third-order valence-electron chi connectivity index (χ3n) is 9.87. The molecule has 276 valence electrons. The minimum atomic E-state index is -6.11. The molecule has 0 bridgehead atoms. The van der Waals surface area contributed by atoms with Crippen LogP contribution >= 0.6 is 0 Å². The summed E-state index contributed by atoms with van der Waals surface area (Å²) in [7, 11) is -4.58. The Morgan fingerprint density at radius 1 is 0.843 bits per heavy atom. The first kappa shape index (κ1) is 38.2. The number of carbonyl (C=O) groups is 2. The molecule has 0 aromatic heterocycles. The predicted octanol–water partition coefficient (Wildman–Crippen LogP) is 6.97. The summed E-state index contributed by atoms with van der Waals surface area (Å²) in [5.41, 5.74) is -7.04. The molecule has 1 unspecified atom stereocenters. The second kappa shape index (κ2) is 13.8. The van der Waals surface area contributed by atoms with E-state index in [1.54, 1.807) is 4.90 Å². The third kappa shape index (κ3) is 6.84. The van der Waals surface area contributed by atoms with Gasteiger partial charge in [0.1, 0.15) is 16.4 Å². The second-order valence-corrected chi connectivity index (χ2v) is 15.1. The fourth-order valence-electron chi connectivity index (χ4n) is 6.89. The Morgan fingerprint density at radius 3 is 1.96 bits per heavy atom. The third-order valence-corrected chi connectivity index (χ3v) is 12.4. The van der Waals surface area contributed by atoms with E-state index in [1.807, 2.05) is 0 Å². The van der Waals surface area contributed by atoms with Crippen LogP contribution in [0.4, 0.5) is 35.1 Å². The topological polar surface area (TPSA) is 84.0 Å². The minimum absolute atomic E-state index is 0.0567. The maximum absolute atomic E-state index is 14.6. The van der Waals surface area contributed by atoms with E-state index in [9.17, 15) is 53.1 Å². The van der Waals surface area contributed by atoms with Gasteiger partial charge in [0.2, 0.25) is 11.8 Å². The van der Waals surface area contributed by atoms with Crippen LogP contribution in [0.3, 0.4) is 0 Å². The molecule has 3 aromatic carbocycles. The Kier molecular flexibility index (Phi) is 10.4. The Bertz CT molecular complexity index is 1840. The number of hydrogen-bond acceptors (Lipinski definition) is 5. The van der Waals surface area contributed by atoms with Crippen molar-refractivity contribution in [1.29, 1.82) is 0 Å². The highest BCUT2D eigenvalue weighted by atomic mass is 32.2. The number of hydrogen-bond donors (Lipinski definition) is 0. The van der Waals surface area contributed by atoms with Crippen LogP contribution in [-0.2, 0) is 41.1 Å². The largest absolute Gasteiger partial charge is 0.430 e. The number of benzene rings is 3. The SMILES string of the molecule is CC(=O)N1CCC(C(=O)N2CCC(c3ccc(C(OCc4c(C)cccc4F)(C(F)(F)F)C(F)(F)F)cc3)(S(=O)(=O)c3ccc(F)cc3)C2)CC1. The first-order valence-electron chi connectivity index (χ1n) is 15.9. The van der Waals surface area contributed by atoms with Gasteiger partial charge in [0.15, 0.2) is 9.84 Å². The predicted molar refractivity (Wildman–Crippen MR) is 168 cm³/mol. The van der Waals surface area contributed by atoms with Crippen molar-refractivity contribution in [1.82, 2.24) is 9.80 Å². The van der Waals surface area contributed by atoms with Crippen LogP contribution in [0.25, 0.3) is 0 Å². The molecule has 2 heterocycles. The molecule has 0 aliphatic carbocycles. The van der Waals surface area contributed by atoms with E-state index in [2.05, 4.69) is 4.74 Å². The Labute approximate surface area is 289 Å². The first-order chi connectivity index (χ1) is 23.7. The average Bonchev–Trinajstić information content (AvgIpc) is 3.53. The van der Waals surface area contributed by atoms with Crippen molar-refractivity contribution in [2.75, 3.05) is 26.2 Å². The smallest absolute Gasteiger partial charge is 0.349 e. The highest BCUT2D eigenvalue weighted by Crippen LogP contribution is 2.54. The van der Waals surface area contributed by atoms with E-state index in [-0.39, 0.29) is 34.9 Å². The molecule has 3 aromatic rings. The van der Waals surface area contributed by atoms with Gasteiger partial charge in [-0.05, 0) is 67.6 Å². The number of carbonyl (C=O) groups excluding carboxylic acids is 2. The lowest BCUT2D eigenvalue weighted by Gasteiger charge is -2.38. The van der Waals surface area contributed by atoms with Crippen molar-refractivity contribution in [3.05, 3.63) is 101 Å². The number of aryl methyl sites for hydroxylation is 1. The van der Waals surface area contributed by atoms with E-state index in [0.717, 1.165) is 42.5 Å². The molecule has 0 N–H and O–H groups in total. The normalized spacial score (nSPS) is 19.4. The first-order valence-corrected chi connectivity index (χ1v) is 17.4. The molecule has 0 spiro atoms. The molecule has 0 radical (unpaired) electrons. The van der Waals surface area contributed by atoms with Gasteiger partial charge in [-0.3, -0.25) is 9.59 Å². The molecule has 5 rings (SSSR count). The van der Waals surface area contributed by atoms with Crippen molar-refractivity contribution in [3.63, 3.8) is 0 Å². The summed E-state index contributed by atoms with van der Waals surface area (Å²) in [6, 6.07) is 9.72. The van der Waals surface area contributed by atoms with Crippen LogP contribution < -0.4 is 0 Å². The molecule has 0 saturated carbocycles. The van der Waals surface area contributed by atoms with Gasteiger partial charge in [0, 0.05) is 50.1 Å². The fraction of sp³-hybridized carbons (Fsp3) is 0.429. The summed E-state index contributed by atoms with van der Waals surface area (Å²) >= 11 is 0. The number of ether oxygens (including phenoxy) is 1. The number of alkyl halides is 6. The van der Waals surface area contributed by atoms with E-state index in [4.69, 9.17) is 0 Å². The van der Waals surface area contributed by atoms with Crippen molar-refractivity contribution in [3.8, 4) is 0 Å². The highest BCUT2D eigenvalue weighted by molar-refractivity contribution is 7.92. The molecule has 1 atom stereocenters. The van der Waals surface area contributed by atoms with E-state index < -0.39 is 80.3 Å². The average molecular weight is 747 g/mol. The lowest BCUT2D eigenvalue weighted by atomic mass is 9.88. The van der Waals surface area contributed by atoms with Gasteiger partial charge in [-0.25, -0.2) is 17.2 Å². The van der Waals surface area contributed by atoms with Crippen molar-refractivity contribution < 1.29 is 57.9 Å². The summed E-state index contributed by atoms with van der Waals surface area (Å²) in [4.78, 5) is 27.9. The number of rotatable bonds is 8. The minimum Gasteiger partial charge on any atom is -0.349 e.